The summed E-state index contributed by atoms with van der Waals surface area (Å²) in [5.41, 5.74) is 3.45. The van der Waals surface area contributed by atoms with E-state index >= 15 is 4.39 Å². The van der Waals surface area contributed by atoms with Crippen LogP contribution in [0, 0.1) is 12.7 Å². The van der Waals surface area contributed by atoms with Gasteiger partial charge in [-0.2, -0.15) is 5.10 Å². The molecule has 2 aromatic heterocycles. The molecule has 5 rings (SSSR count). The molecule has 0 aliphatic rings. The number of pyridine rings is 1. The van der Waals surface area contributed by atoms with Gasteiger partial charge < -0.3 is 15.2 Å². The summed E-state index contributed by atoms with van der Waals surface area (Å²) in [4.78, 5) is 39.3. The summed E-state index contributed by atoms with van der Waals surface area (Å²) in [5, 5.41) is 9.79. The lowest BCUT2D eigenvalue weighted by Gasteiger charge is -2.28. The van der Waals surface area contributed by atoms with Gasteiger partial charge in [0.2, 0.25) is 11.5 Å². The quantitative estimate of drug-likeness (QED) is 0.283. The Balaban J connectivity index is 1.52. The van der Waals surface area contributed by atoms with Gasteiger partial charge in [0.25, 0.3) is 5.91 Å². The molecule has 2 amide bonds. The smallest absolute Gasteiger partial charge is 0.270 e. The minimum Gasteiger partial charge on any atom is -0.338 e. The van der Waals surface area contributed by atoms with Crippen molar-refractivity contribution in [1.29, 1.82) is 0 Å². The number of amides is 2. The molecule has 0 saturated heterocycles. The lowest BCUT2D eigenvalue weighted by Crippen LogP contribution is -2.48. The summed E-state index contributed by atoms with van der Waals surface area (Å²) in [7, 11) is 3.27. The summed E-state index contributed by atoms with van der Waals surface area (Å²) in [5.74, 6) is -2.11. The number of rotatable bonds is 8. The van der Waals surface area contributed by atoms with Crippen molar-refractivity contribution in [3.8, 4) is 11.1 Å². The normalized spacial score (nSPS) is 11.7. The molecule has 8 nitrogen and oxygen atoms in total. The second-order valence-corrected chi connectivity index (χ2v) is 10.0. The Kier molecular flexibility index (Phi) is 8.10. The zero-order valence-corrected chi connectivity index (χ0v) is 23.4. The zero-order chi connectivity index (χ0) is 29.8. The Bertz CT molecular complexity index is 1760. The molecule has 0 spiro atoms. The SMILES string of the molecule is Cc1c(-c2ccc(NC(=O)[C@@H](NC(=O)c3ccnn3C)C(c3ccccc3)c3ccccc3)cc2F)ccc(=O)n1C. The van der Waals surface area contributed by atoms with E-state index in [9.17, 15) is 14.4 Å². The van der Waals surface area contributed by atoms with Crippen LogP contribution in [0.25, 0.3) is 11.1 Å². The van der Waals surface area contributed by atoms with Gasteiger partial charge in [-0.05, 0) is 48.4 Å². The van der Waals surface area contributed by atoms with Crippen LogP contribution in [0.4, 0.5) is 10.1 Å². The highest BCUT2D eigenvalue weighted by atomic mass is 19.1. The molecule has 0 bridgehead atoms. The highest BCUT2D eigenvalue weighted by Gasteiger charge is 2.33. The van der Waals surface area contributed by atoms with Crippen molar-refractivity contribution in [3.63, 3.8) is 0 Å². The number of anilines is 1. The van der Waals surface area contributed by atoms with Gasteiger partial charge in [0.05, 0.1) is 0 Å². The maximum absolute atomic E-state index is 15.4. The van der Waals surface area contributed by atoms with E-state index in [1.165, 1.54) is 27.6 Å². The highest BCUT2D eigenvalue weighted by Crippen LogP contribution is 2.31. The Morgan fingerprint density at radius 1 is 0.833 bits per heavy atom. The van der Waals surface area contributed by atoms with Crippen LogP contribution in [-0.4, -0.2) is 32.2 Å². The van der Waals surface area contributed by atoms with E-state index in [4.69, 9.17) is 0 Å². The molecule has 1 atom stereocenters. The third kappa shape index (κ3) is 5.76. The van der Waals surface area contributed by atoms with Gasteiger partial charge >= 0.3 is 0 Å². The maximum atomic E-state index is 15.4. The lowest BCUT2D eigenvalue weighted by molar-refractivity contribution is -0.118. The summed E-state index contributed by atoms with van der Waals surface area (Å²) in [6.07, 6.45) is 1.51. The predicted molar refractivity (Wildman–Crippen MR) is 160 cm³/mol. The topological polar surface area (TPSA) is 98.0 Å². The lowest BCUT2D eigenvalue weighted by atomic mass is 9.84. The largest absolute Gasteiger partial charge is 0.338 e. The second kappa shape index (κ2) is 12.1. The molecule has 0 radical (unpaired) electrons. The van der Waals surface area contributed by atoms with Gasteiger partial charge in [0.15, 0.2) is 0 Å². The molecule has 42 heavy (non-hydrogen) atoms. The molecule has 2 heterocycles. The van der Waals surface area contributed by atoms with Crippen molar-refractivity contribution in [2.75, 3.05) is 5.32 Å². The monoisotopic (exact) mass is 563 g/mol. The van der Waals surface area contributed by atoms with Crippen molar-refractivity contribution >= 4 is 17.5 Å². The first kappa shape index (κ1) is 28.2. The van der Waals surface area contributed by atoms with E-state index < -0.39 is 29.6 Å². The van der Waals surface area contributed by atoms with Crippen molar-refractivity contribution < 1.29 is 14.0 Å². The number of hydrogen-bond donors (Lipinski definition) is 2. The summed E-state index contributed by atoms with van der Waals surface area (Å²) in [6.45, 7) is 1.74. The van der Waals surface area contributed by atoms with E-state index in [-0.39, 0.29) is 16.9 Å². The van der Waals surface area contributed by atoms with Crippen molar-refractivity contribution in [2.24, 2.45) is 14.1 Å². The van der Waals surface area contributed by atoms with Crippen LogP contribution in [0.15, 0.2) is 108 Å². The van der Waals surface area contributed by atoms with Crippen LogP contribution in [0.3, 0.4) is 0 Å². The van der Waals surface area contributed by atoms with Gasteiger partial charge in [-0.3, -0.25) is 19.1 Å². The minimum atomic E-state index is -1.06. The summed E-state index contributed by atoms with van der Waals surface area (Å²) in [6, 6.07) is 26.7. The maximum Gasteiger partial charge on any atom is 0.270 e. The fourth-order valence-corrected chi connectivity index (χ4v) is 5.06. The molecule has 5 aromatic rings. The van der Waals surface area contributed by atoms with Crippen LogP contribution in [-0.2, 0) is 18.9 Å². The Hall–Kier alpha value is -5.31. The van der Waals surface area contributed by atoms with E-state index in [1.807, 2.05) is 60.7 Å². The Morgan fingerprint density at radius 3 is 2.02 bits per heavy atom. The van der Waals surface area contributed by atoms with Crippen molar-refractivity contribution in [3.05, 3.63) is 142 Å². The molecule has 0 saturated carbocycles. The summed E-state index contributed by atoms with van der Waals surface area (Å²) >= 11 is 0. The van der Waals surface area contributed by atoms with Gasteiger partial charge in [0, 0.05) is 54.8 Å². The first-order chi connectivity index (χ1) is 20.2. The fourth-order valence-electron chi connectivity index (χ4n) is 5.06. The van der Waals surface area contributed by atoms with Gasteiger partial charge in [-0.15, -0.1) is 0 Å². The average Bonchev–Trinajstić information content (AvgIpc) is 3.43. The number of aryl methyl sites for hydroxylation is 1. The second-order valence-electron chi connectivity index (χ2n) is 10.0. The number of aromatic nitrogens is 3. The molecule has 9 heteroatoms. The summed E-state index contributed by atoms with van der Waals surface area (Å²) < 4.78 is 18.3. The molecule has 0 fully saturated rings. The van der Waals surface area contributed by atoms with Crippen molar-refractivity contribution in [2.45, 2.75) is 18.9 Å². The van der Waals surface area contributed by atoms with E-state index in [2.05, 4.69) is 15.7 Å². The first-order valence-electron chi connectivity index (χ1n) is 13.4. The van der Waals surface area contributed by atoms with E-state index in [0.717, 1.165) is 11.1 Å². The number of hydrogen-bond acceptors (Lipinski definition) is 4. The molecule has 212 valence electrons. The number of benzene rings is 3. The van der Waals surface area contributed by atoms with E-state index in [0.29, 0.717) is 16.8 Å². The number of nitrogens with one attached hydrogen (secondary N) is 2. The number of carbonyl (C=O) groups excluding carboxylic acids is 2. The molecule has 2 N–H and O–H groups in total. The average molecular weight is 564 g/mol. The number of nitrogens with zero attached hydrogens (tertiary/aromatic N) is 3. The third-order valence-corrected chi connectivity index (χ3v) is 7.42. The highest BCUT2D eigenvalue weighted by molar-refractivity contribution is 6.01. The molecule has 3 aromatic carbocycles. The van der Waals surface area contributed by atoms with Crippen molar-refractivity contribution in [1.82, 2.24) is 19.7 Å². The van der Waals surface area contributed by atoms with Crippen LogP contribution in [0.1, 0.15) is 33.2 Å². The number of carbonyl (C=O) groups is 2. The van der Waals surface area contributed by atoms with Crippen LogP contribution >= 0.6 is 0 Å². The molecule has 0 unspecified atom stereocenters. The van der Waals surface area contributed by atoms with Gasteiger partial charge in [-0.1, -0.05) is 60.7 Å². The molecular formula is C33H30FN5O3. The number of halogens is 1. The third-order valence-electron chi connectivity index (χ3n) is 7.42. The first-order valence-corrected chi connectivity index (χ1v) is 13.4. The fraction of sp³-hybridized carbons (Fsp3) is 0.152. The van der Waals surface area contributed by atoms with Gasteiger partial charge in [0.1, 0.15) is 17.6 Å². The minimum absolute atomic E-state index is 0.189. The van der Waals surface area contributed by atoms with Crippen LogP contribution < -0.4 is 16.2 Å². The predicted octanol–water partition coefficient (Wildman–Crippen LogP) is 4.80. The Labute approximate surface area is 242 Å². The molecule has 0 aliphatic carbocycles. The molecular weight excluding hydrogens is 533 g/mol. The van der Waals surface area contributed by atoms with E-state index in [1.54, 1.807) is 45.3 Å². The zero-order valence-electron chi connectivity index (χ0n) is 23.4. The van der Waals surface area contributed by atoms with Gasteiger partial charge in [-0.25, -0.2) is 4.39 Å². The standard InChI is InChI=1S/C33H30FN5O3/c1-21-25(16-17-29(40)38(21)2)26-15-14-24(20-27(26)34)36-33(42)31(37-32(41)28-18-19-35-39(28)3)30(22-10-6-4-7-11-22)23-12-8-5-9-13-23/h4-20,30-31H,1-3H3,(H,36,42)(H,37,41)/t31-/m0/s1. The Morgan fingerprint density at radius 2 is 1.45 bits per heavy atom. The van der Waals surface area contributed by atoms with Crippen LogP contribution in [0.5, 0.6) is 0 Å². The van der Waals surface area contributed by atoms with Crippen LogP contribution in [0.2, 0.25) is 0 Å². The molecule has 0 aliphatic heterocycles.